The minimum Gasteiger partial charge on any atom is -0.258 e. The molecule has 0 aliphatic rings. The zero-order valence-electron chi connectivity index (χ0n) is 12.1. The van der Waals surface area contributed by atoms with Crippen molar-refractivity contribution in [3.8, 4) is 0 Å². The van der Waals surface area contributed by atoms with E-state index in [0.29, 0.717) is 11.2 Å². The lowest BCUT2D eigenvalue weighted by atomic mass is 10.1. The summed E-state index contributed by atoms with van der Waals surface area (Å²) in [6, 6.07) is 16.7. The average molecular weight is 290 g/mol. The Hall–Kier alpha value is -3.01. The summed E-state index contributed by atoms with van der Waals surface area (Å²) in [6.07, 6.45) is 3.84. The molecule has 3 rings (SSSR count). The van der Waals surface area contributed by atoms with Crippen LogP contribution in [0.2, 0.25) is 0 Å². The van der Waals surface area contributed by atoms with E-state index in [-0.39, 0.29) is 5.69 Å². The highest BCUT2D eigenvalue weighted by molar-refractivity contribution is 5.88. The van der Waals surface area contributed by atoms with Crippen molar-refractivity contribution in [1.29, 1.82) is 0 Å². The lowest BCUT2D eigenvalue weighted by Crippen LogP contribution is -1.92. The van der Waals surface area contributed by atoms with E-state index < -0.39 is 4.92 Å². The Labute approximate surface area is 127 Å². The summed E-state index contributed by atoms with van der Waals surface area (Å²) < 4.78 is 0. The van der Waals surface area contributed by atoms with Gasteiger partial charge in [-0.05, 0) is 30.2 Å². The van der Waals surface area contributed by atoms with E-state index in [1.807, 2.05) is 61.5 Å². The molecular weight excluding hydrogens is 276 g/mol. The second-order valence-corrected chi connectivity index (χ2v) is 5.03. The zero-order chi connectivity index (χ0) is 15.5. The topological polar surface area (TPSA) is 56.0 Å². The predicted molar refractivity (Wildman–Crippen MR) is 88.5 cm³/mol. The average Bonchev–Trinajstić information content (AvgIpc) is 2.53. The maximum absolute atomic E-state index is 11.1. The normalized spacial score (nSPS) is 11.1. The quantitative estimate of drug-likeness (QED) is 0.522. The van der Waals surface area contributed by atoms with Gasteiger partial charge in [-0.25, -0.2) is 4.98 Å². The number of para-hydroxylation sites is 1. The molecule has 0 spiro atoms. The van der Waals surface area contributed by atoms with Crippen molar-refractivity contribution < 1.29 is 4.92 Å². The van der Waals surface area contributed by atoms with E-state index in [9.17, 15) is 10.1 Å². The fraction of sp³-hybridized carbons (Fsp3) is 0.0556. The van der Waals surface area contributed by atoms with Crippen LogP contribution in [-0.2, 0) is 0 Å². The summed E-state index contributed by atoms with van der Waals surface area (Å²) >= 11 is 0. The lowest BCUT2D eigenvalue weighted by Gasteiger charge is -2.01. The van der Waals surface area contributed by atoms with Gasteiger partial charge in [0.1, 0.15) is 5.52 Å². The van der Waals surface area contributed by atoms with E-state index >= 15 is 0 Å². The molecule has 3 aromatic rings. The minimum atomic E-state index is -0.399. The molecule has 0 radical (unpaired) electrons. The van der Waals surface area contributed by atoms with Crippen molar-refractivity contribution in [3.63, 3.8) is 0 Å². The van der Waals surface area contributed by atoms with E-state index in [1.54, 1.807) is 6.07 Å². The second-order valence-electron chi connectivity index (χ2n) is 5.03. The van der Waals surface area contributed by atoms with Crippen LogP contribution < -0.4 is 0 Å². The Bertz CT molecular complexity index is 885. The summed E-state index contributed by atoms with van der Waals surface area (Å²) in [5.41, 5.74) is 3.42. The standard InChI is InChI=1S/C18H14N2O2/c1-13-5-2-3-6-14(13)9-11-16-12-10-15-7-4-8-17(20(21)22)18(15)19-16/h2-12H,1H3/b11-9+. The second kappa shape index (κ2) is 5.77. The van der Waals surface area contributed by atoms with Crippen molar-refractivity contribution in [2.75, 3.05) is 0 Å². The third kappa shape index (κ3) is 2.72. The van der Waals surface area contributed by atoms with Crippen molar-refractivity contribution >= 4 is 28.7 Å². The van der Waals surface area contributed by atoms with Crippen LogP contribution in [0.3, 0.4) is 0 Å². The molecule has 1 aromatic heterocycles. The van der Waals surface area contributed by atoms with Gasteiger partial charge in [0, 0.05) is 11.5 Å². The van der Waals surface area contributed by atoms with E-state index in [4.69, 9.17) is 0 Å². The first-order valence-corrected chi connectivity index (χ1v) is 6.93. The van der Waals surface area contributed by atoms with Gasteiger partial charge < -0.3 is 0 Å². The van der Waals surface area contributed by atoms with Crippen LogP contribution in [-0.4, -0.2) is 9.91 Å². The predicted octanol–water partition coefficient (Wildman–Crippen LogP) is 4.62. The van der Waals surface area contributed by atoms with Crippen molar-refractivity contribution in [2.45, 2.75) is 6.92 Å². The summed E-state index contributed by atoms with van der Waals surface area (Å²) in [5.74, 6) is 0. The molecule has 1 heterocycles. The van der Waals surface area contributed by atoms with Gasteiger partial charge in [0.2, 0.25) is 0 Å². The van der Waals surface area contributed by atoms with Crippen LogP contribution in [0.4, 0.5) is 5.69 Å². The van der Waals surface area contributed by atoms with Gasteiger partial charge in [-0.3, -0.25) is 10.1 Å². The van der Waals surface area contributed by atoms with E-state index in [1.165, 1.54) is 11.6 Å². The molecular formula is C18H14N2O2. The molecule has 108 valence electrons. The molecule has 0 saturated heterocycles. The number of nitro groups is 1. The van der Waals surface area contributed by atoms with Gasteiger partial charge in [-0.15, -0.1) is 0 Å². The molecule has 0 saturated carbocycles. The van der Waals surface area contributed by atoms with Crippen molar-refractivity contribution in [3.05, 3.63) is 81.5 Å². The number of hydrogen-bond donors (Lipinski definition) is 0. The molecule has 0 aliphatic heterocycles. The maximum Gasteiger partial charge on any atom is 0.295 e. The Morgan fingerprint density at radius 3 is 2.59 bits per heavy atom. The number of benzene rings is 2. The Balaban J connectivity index is 2.04. The zero-order valence-corrected chi connectivity index (χ0v) is 12.1. The first-order valence-electron chi connectivity index (χ1n) is 6.93. The molecule has 22 heavy (non-hydrogen) atoms. The number of fused-ring (bicyclic) bond motifs is 1. The highest BCUT2D eigenvalue weighted by atomic mass is 16.6. The molecule has 2 aromatic carbocycles. The number of rotatable bonds is 3. The van der Waals surface area contributed by atoms with Gasteiger partial charge in [-0.1, -0.05) is 48.5 Å². The highest BCUT2D eigenvalue weighted by Crippen LogP contribution is 2.24. The Morgan fingerprint density at radius 2 is 1.82 bits per heavy atom. The molecule has 0 aliphatic carbocycles. The summed E-state index contributed by atoms with van der Waals surface area (Å²) in [5, 5.41) is 11.9. The van der Waals surface area contributed by atoms with E-state index in [2.05, 4.69) is 4.98 Å². The summed E-state index contributed by atoms with van der Waals surface area (Å²) in [7, 11) is 0. The van der Waals surface area contributed by atoms with E-state index in [0.717, 1.165) is 10.9 Å². The molecule has 4 heteroatoms. The van der Waals surface area contributed by atoms with Crippen LogP contribution in [0.15, 0.2) is 54.6 Å². The first kappa shape index (κ1) is 13.9. The van der Waals surface area contributed by atoms with Crippen molar-refractivity contribution in [1.82, 2.24) is 4.98 Å². The monoisotopic (exact) mass is 290 g/mol. The Kier molecular flexibility index (Phi) is 3.66. The van der Waals surface area contributed by atoms with Gasteiger partial charge in [0.25, 0.3) is 5.69 Å². The van der Waals surface area contributed by atoms with Gasteiger partial charge in [0.05, 0.1) is 10.6 Å². The SMILES string of the molecule is Cc1ccccc1/C=C/c1ccc2cccc([N+](=O)[O-])c2n1. The number of non-ortho nitro benzene ring substituents is 1. The smallest absolute Gasteiger partial charge is 0.258 e. The van der Waals surface area contributed by atoms with Gasteiger partial charge >= 0.3 is 0 Å². The van der Waals surface area contributed by atoms with Crippen LogP contribution in [0.1, 0.15) is 16.8 Å². The molecule has 0 amide bonds. The number of aromatic nitrogens is 1. The van der Waals surface area contributed by atoms with Crippen LogP contribution in [0.5, 0.6) is 0 Å². The Morgan fingerprint density at radius 1 is 1.00 bits per heavy atom. The van der Waals surface area contributed by atoms with Crippen LogP contribution in [0, 0.1) is 17.0 Å². The van der Waals surface area contributed by atoms with Crippen molar-refractivity contribution in [2.24, 2.45) is 0 Å². The fourth-order valence-corrected chi connectivity index (χ4v) is 2.34. The number of aryl methyl sites for hydroxylation is 1. The molecule has 0 atom stereocenters. The number of pyridine rings is 1. The third-order valence-corrected chi connectivity index (χ3v) is 3.54. The molecule has 0 fully saturated rings. The fourth-order valence-electron chi connectivity index (χ4n) is 2.34. The summed E-state index contributed by atoms with van der Waals surface area (Å²) in [4.78, 5) is 15.1. The number of nitro benzene ring substituents is 1. The first-order chi connectivity index (χ1) is 10.6. The third-order valence-electron chi connectivity index (χ3n) is 3.54. The molecule has 4 nitrogen and oxygen atoms in total. The summed E-state index contributed by atoms with van der Waals surface area (Å²) in [6.45, 7) is 2.04. The lowest BCUT2D eigenvalue weighted by molar-refractivity contribution is -0.383. The molecule has 0 N–H and O–H groups in total. The number of nitrogens with zero attached hydrogens (tertiary/aromatic N) is 2. The van der Waals surface area contributed by atoms with Crippen LogP contribution in [0.25, 0.3) is 23.1 Å². The minimum absolute atomic E-state index is 0.0311. The molecule has 0 unspecified atom stereocenters. The highest BCUT2D eigenvalue weighted by Gasteiger charge is 2.12. The van der Waals surface area contributed by atoms with Gasteiger partial charge in [-0.2, -0.15) is 0 Å². The number of hydrogen-bond acceptors (Lipinski definition) is 3. The molecule has 0 bridgehead atoms. The maximum atomic E-state index is 11.1. The largest absolute Gasteiger partial charge is 0.295 e. The van der Waals surface area contributed by atoms with Gasteiger partial charge in [0.15, 0.2) is 0 Å². The van der Waals surface area contributed by atoms with Crippen LogP contribution >= 0.6 is 0 Å².